The summed E-state index contributed by atoms with van der Waals surface area (Å²) in [5, 5.41) is 60.7. The number of aromatic amines is 1. The molecule has 9 rings (SSSR count). The number of primary amides is 1. The van der Waals surface area contributed by atoms with E-state index in [1.165, 1.54) is 41.9 Å². The first-order chi connectivity index (χ1) is 68.1. The minimum Gasteiger partial charge on any atom is -0.481 e. The second-order valence-electron chi connectivity index (χ2n) is 40.2. The highest BCUT2D eigenvalue weighted by Crippen LogP contribution is 2.31. The average molecular weight is 2030 g/mol. The Balaban J connectivity index is 1.15. The van der Waals surface area contributed by atoms with Gasteiger partial charge in [0.15, 0.2) is 0 Å². The smallest absolute Gasteiger partial charge is 0.323 e. The molecular formula is C101H144FN19O22S. The van der Waals surface area contributed by atoms with Gasteiger partial charge in [0.2, 0.25) is 94.5 Å². The summed E-state index contributed by atoms with van der Waals surface area (Å²) in [6, 6.07) is -3.49. The number of likely N-dealkylation sites (N-methyl/N-ethyl adjacent to an activating group) is 2. The van der Waals surface area contributed by atoms with Crippen molar-refractivity contribution in [2.75, 3.05) is 58.3 Å². The van der Waals surface area contributed by atoms with Crippen LogP contribution in [0.1, 0.15) is 208 Å². The number of Topliss-reactive ketones (excluding diaryl/α,β-unsaturated/α-hetero) is 1. The van der Waals surface area contributed by atoms with Crippen molar-refractivity contribution >= 4 is 146 Å². The van der Waals surface area contributed by atoms with Gasteiger partial charge in [-0.15, -0.1) is 11.8 Å². The number of carbonyl (C=O) groups excluding carboxylic acids is 17. The first kappa shape index (κ1) is 115. The Morgan fingerprint density at radius 3 is 1.70 bits per heavy atom. The number of aliphatic hydroxyl groups is 1. The molecular weight excluding hydrogens is 1880 g/mol. The number of thioether (sulfide) groups is 1. The standard InChI is InChI=1S/C101H144FN19O22S/c1-13-15-30-75-89(133)115-84(57(3)4)93(137)114-73(85(104)129)55-144-56-81(124)107-70(46-58-35-37-61(102)38-36-58)96(140)119-44-24-22-33-76(119)91(135)113-72(50-82(125)126)97(141)120-45-25-34-77(120)90(134)109-66(39-40-80(123)100(5,6)7)86(130)110-68(29-21-23-42-103)95(139)121-53-62(122)49-79(121)92(136)111-69(47-59-51-106-65-28-19-17-26-63(59)65)88(132)108-67(41-43-105-99(143)101(8,9)10)87(131)112-71(94(138)117(12)78(31-16-14-2)98(142)116(75)11)48-60-52-118(54-83(127)128)74-32-20-18-27-64(60)74/h17-20,26-28,32,35-38,51-52,57,62,66-73,75-79,84,106,122H,13-16,21-25,29-31,33-34,39-50,53-56,103H2,1-12H3,(H2,104,129)(H,105,143)(H,107,124)(H,108,132)(H,109,134)(H,110,130)(H,111,136)(H,112,131)(H,113,135)(H,114,137)(H,115,133)(H,125,126)(H,127,128)/t62-,66+,67+,68+,69+,70+,71+,72+,73+,75+,76+,77+,78+,79+,84+/m1/s1. The number of carbonyl (C=O) groups is 19. The number of H-pyrrole nitrogens is 1. The van der Waals surface area contributed by atoms with E-state index in [0.717, 1.165) is 43.5 Å². The lowest BCUT2D eigenvalue weighted by atomic mass is 9.87. The Kier molecular flexibility index (Phi) is 42.3. The van der Waals surface area contributed by atoms with Gasteiger partial charge < -0.3 is 114 Å². The fourth-order valence-electron chi connectivity index (χ4n) is 18.5. The van der Waals surface area contributed by atoms with Crippen molar-refractivity contribution in [3.63, 3.8) is 0 Å². The summed E-state index contributed by atoms with van der Waals surface area (Å²) in [6.07, 6.45) is 0.453. The molecule has 18 N–H and O–H groups in total. The number of ketones is 1. The monoisotopic (exact) mass is 2030 g/mol. The van der Waals surface area contributed by atoms with E-state index in [1.807, 2.05) is 13.8 Å². The zero-order chi connectivity index (χ0) is 106. The maximum atomic E-state index is 16.2. The molecule has 6 heterocycles. The van der Waals surface area contributed by atoms with E-state index >= 15 is 52.7 Å². The number of aromatic nitrogens is 2. The molecule has 5 aromatic rings. The first-order valence-electron chi connectivity index (χ1n) is 49.7. The van der Waals surface area contributed by atoms with Gasteiger partial charge in [-0.3, -0.25) is 91.1 Å². The van der Waals surface area contributed by atoms with E-state index in [4.69, 9.17) is 11.5 Å². The maximum absolute atomic E-state index is 16.2. The van der Waals surface area contributed by atoms with Crippen LogP contribution in [-0.4, -0.2) is 311 Å². The largest absolute Gasteiger partial charge is 0.481 e. The van der Waals surface area contributed by atoms with Gasteiger partial charge in [-0.1, -0.05) is 143 Å². The highest BCUT2D eigenvalue weighted by atomic mass is 32.2. The fourth-order valence-corrected chi connectivity index (χ4v) is 19.4. The van der Waals surface area contributed by atoms with Crippen molar-refractivity contribution in [1.29, 1.82) is 0 Å². The van der Waals surface area contributed by atoms with Crippen LogP contribution >= 0.6 is 11.8 Å². The molecule has 3 aromatic carbocycles. The SMILES string of the molecule is CCCC[C@H]1C(=O)N(C)[C@@H](CCCC)C(=O)N[C@@H](C(C)C)C(=O)N[C@H](C(N)=O)CSCC(=O)N[C@@H](Cc2ccc(F)cc2)C(=O)N2CCCC[C@H]2C(=O)N[C@@H](CC(=O)O)C(=O)N2CCC[C@H]2C(=O)N[C@@H](CCC(=O)C(C)(C)C)C(=O)N[C@@H](CCCCN)C(=O)N2C[C@H](O)C[C@H]2C(=O)N[C@@H](Cc2c[nH]c3ccccc23)C(=O)N[C@@H](CCNC(=O)C(C)(C)C)C(=O)N[C@@H](Cc2cn(CC(=O)O)c3ccccc23)C(=O)N1C. The molecule has 4 aliphatic rings. The van der Waals surface area contributed by atoms with Crippen LogP contribution in [0, 0.1) is 22.6 Å². The van der Waals surface area contributed by atoms with Gasteiger partial charge >= 0.3 is 11.9 Å². The molecule has 2 aromatic heterocycles. The summed E-state index contributed by atoms with van der Waals surface area (Å²) >= 11 is 0.804. The number of aliphatic hydroxyl groups excluding tert-OH is 1. The minimum atomic E-state index is -1.91. The van der Waals surface area contributed by atoms with Crippen molar-refractivity contribution in [1.82, 2.24) is 87.2 Å². The van der Waals surface area contributed by atoms with E-state index in [2.05, 4.69) is 58.2 Å². The number of unbranched alkanes of at least 4 members (excludes halogenated alkanes) is 3. The Morgan fingerprint density at radius 2 is 1.08 bits per heavy atom. The van der Waals surface area contributed by atoms with Crippen LogP contribution < -0.4 is 64.6 Å². The van der Waals surface area contributed by atoms with E-state index < -0.39 is 271 Å². The molecule has 15 atom stereocenters. The number of hydrogen-bond acceptors (Lipinski definition) is 22. The quantitative estimate of drug-likeness (QED) is 0.0320. The van der Waals surface area contributed by atoms with Crippen LogP contribution in [0.25, 0.3) is 21.8 Å². The Hall–Kier alpha value is -12.9. The Labute approximate surface area is 841 Å². The zero-order valence-electron chi connectivity index (χ0n) is 84.3. The molecule has 144 heavy (non-hydrogen) atoms. The molecule has 43 heteroatoms. The second kappa shape index (κ2) is 53.1. The van der Waals surface area contributed by atoms with Crippen LogP contribution in [0.3, 0.4) is 0 Å². The minimum absolute atomic E-state index is 0.000328. The number of nitrogens with two attached hydrogens (primary N) is 2. The number of piperidine rings is 1. The molecule has 4 fully saturated rings. The van der Waals surface area contributed by atoms with Gasteiger partial charge in [0.25, 0.3) is 0 Å². The van der Waals surface area contributed by atoms with Gasteiger partial charge in [-0.05, 0) is 130 Å². The van der Waals surface area contributed by atoms with Crippen LogP contribution in [-0.2, 0) is 117 Å². The lowest BCUT2D eigenvalue weighted by Gasteiger charge is -2.38. The lowest BCUT2D eigenvalue weighted by Crippen LogP contribution is -2.61. The van der Waals surface area contributed by atoms with E-state index in [1.54, 1.807) is 110 Å². The number of benzene rings is 3. The zero-order valence-corrected chi connectivity index (χ0v) is 85.1. The highest BCUT2D eigenvalue weighted by Gasteiger charge is 2.48. The molecule has 0 radical (unpaired) electrons. The molecule has 0 spiro atoms. The molecule has 0 bridgehead atoms. The van der Waals surface area contributed by atoms with E-state index in [0.29, 0.717) is 77.0 Å². The number of carboxylic acids is 2. The predicted molar refractivity (Wildman–Crippen MR) is 532 cm³/mol. The molecule has 0 saturated carbocycles. The fraction of sp³-hybridized carbons (Fsp3) is 0.594. The molecule has 4 saturated heterocycles. The van der Waals surface area contributed by atoms with Crippen molar-refractivity contribution < 1.29 is 111 Å². The van der Waals surface area contributed by atoms with E-state index in [-0.39, 0.29) is 108 Å². The number of rotatable bonds is 28. The van der Waals surface area contributed by atoms with E-state index in [9.17, 15) is 58.1 Å². The number of fused-ring (bicyclic) bond motifs is 5. The number of hydrogen-bond donors (Lipinski definition) is 16. The topological polar surface area (TPSA) is 594 Å². The van der Waals surface area contributed by atoms with Crippen molar-refractivity contribution in [3.05, 3.63) is 108 Å². The molecule has 0 aliphatic carbocycles. The molecule has 4 aliphatic heterocycles. The van der Waals surface area contributed by atoms with Crippen molar-refractivity contribution in [2.24, 2.45) is 28.2 Å². The number of nitrogens with one attached hydrogen (secondary N) is 11. The number of nitrogens with zero attached hydrogens (tertiary/aromatic N) is 6. The van der Waals surface area contributed by atoms with Crippen LogP contribution in [0.2, 0.25) is 0 Å². The number of carboxylic acid groups (broad SMARTS) is 2. The number of para-hydroxylation sites is 2. The highest BCUT2D eigenvalue weighted by molar-refractivity contribution is 8.00. The normalized spacial score (nSPS) is 24.7. The number of amides is 16. The molecule has 0 unspecified atom stereocenters. The average Bonchev–Trinajstić information content (AvgIpc) is 1.65. The first-order valence-corrected chi connectivity index (χ1v) is 50.8. The number of halogens is 1. The molecule has 16 amide bonds. The van der Waals surface area contributed by atoms with Gasteiger partial charge in [-0.25, -0.2) is 4.39 Å². The maximum Gasteiger partial charge on any atom is 0.323 e. The summed E-state index contributed by atoms with van der Waals surface area (Å²) < 4.78 is 15.9. The van der Waals surface area contributed by atoms with Gasteiger partial charge in [-0.2, -0.15) is 0 Å². The number of aliphatic carboxylic acids is 2. The molecule has 788 valence electrons. The van der Waals surface area contributed by atoms with Gasteiger partial charge in [0, 0.05) is 123 Å². The predicted octanol–water partition coefficient (Wildman–Crippen LogP) is 2.55. The Morgan fingerprint density at radius 1 is 0.528 bits per heavy atom. The van der Waals surface area contributed by atoms with Gasteiger partial charge in [0.05, 0.1) is 18.3 Å². The third-order valence-corrected chi connectivity index (χ3v) is 27.8. The second-order valence-corrected chi connectivity index (χ2v) is 41.2. The van der Waals surface area contributed by atoms with Crippen molar-refractivity contribution in [2.45, 2.75) is 308 Å². The summed E-state index contributed by atoms with van der Waals surface area (Å²) in [5.41, 5.74) is 12.1. The summed E-state index contributed by atoms with van der Waals surface area (Å²) in [4.78, 5) is 290. The van der Waals surface area contributed by atoms with Gasteiger partial charge in [0.1, 0.15) is 103 Å². The van der Waals surface area contributed by atoms with Crippen molar-refractivity contribution in [3.8, 4) is 0 Å². The summed E-state index contributed by atoms with van der Waals surface area (Å²) in [6.45, 7) is 15.1. The summed E-state index contributed by atoms with van der Waals surface area (Å²) in [5.74, 6) is -20.1. The van der Waals surface area contributed by atoms with Crippen LogP contribution in [0.15, 0.2) is 85.2 Å². The third-order valence-electron chi connectivity index (χ3n) is 26.7. The molecule has 41 nitrogen and oxygen atoms in total. The Bertz CT molecular complexity index is 5450. The van der Waals surface area contributed by atoms with Crippen LogP contribution in [0.4, 0.5) is 4.39 Å². The third kappa shape index (κ3) is 31.5. The van der Waals surface area contributed by atoms with Crippen LogP contribution in [0.5, 0.6) is 0 Å². The summed E-state index contributed by atoms with van der Waals surface area (Å²) in [7, 11) is 2.69. The lowest BCUT2D eigenvalue weighted by molar-refractivity contribution is -0.149.